The summed E-state index contributed by atoms with van der Waals surface area (Å²) in [5.41, 5.74) is 4.20. The van der Waals surface area contributed by atoms with E-state index in [0.717, 1.165) is 42.8 Å². The second-order valence-corrected chi connectivity index (χ2v) is 14.5. The van der Waals surface area contributed by atoms with Crippen molar-refractivity contribution in [2.45, 2.75) is 39.2 Å². The van der Waals surface area contributed by atoms with Crippen molar-refractivity contribution >= 4 is 39.0 Å². The highest BCUT2D eigenvalue weighted by Crippen LogP contribution is 2.34. The van der Waals surface area contributed by atoms with E-state index in [9.17, 15) is 13.2 Å². The van der Waals surface area contributed by atoms with Gasteiger partial charge in [-0.3, -0.25) is 4.79 Å². The van der Waals surface area contributed by atoms with E-state index in [4.69, 9.17) is 4.98 Å². The number of pyridine rings is 1. The molecule has 0 aliphatic carbocycles. The van der Waals surface area contributed by atoms with E-state index in [-0.39, 0.29) is 17.4 Å². The number of carbonyl (C=O) groups is 1. The quantitative estimate of drug-likeness (QED) is 0.449. The number of amides is 1. The van der Waals surface area contributed by atoms with Gasteiger partial charge in [0.05, 0.1) is 0 Å². The van der Waals surface area contributed by atoms with Crippen molar-refractivity contribution < 1.29 is 13.2 Å². The number of likely N-dealkylation sites (tertiary alicyclic amines) is 1. The molecule has 2 fully saturated rings. The van der Waals surface area contributed by atoms with Crippen molar-refractivity contribution in [3.05, 3.63) is 59.8 Å². The number of rotatable bonds is 7. The van der Waals surface area contributed by atoms with E-state index in [0.29, 0.717) is 49.8 Å². The van der Waals surface area contributed by atoms with Crippen LogP contribution in [0.25, 0.3) is 11.2 Å². The zero-order chi connectivity index (χ0) is 29.6. The van der Waals surface area contributed by atoms with Gasteiger partial charge in [0.1, 0.15) is 0 Å². The molecule has 3 aliphatic heterocycles. The molecule has 0 saturated carbocycles. The van der Waals surface area contributed by atoms with Gasteiger partial charge in [0.25, 0.3) is 16.1 Å². The Kier molecular flexibility index (Phi) is 7.58. The van der Waals surface area contributed by atoms with E-state index < -0.39 is 10.2 Å². The number of nitrogens with zero attached hydrogens (tertiary/aromatic N) is 7. The van der Waals surface area contributed by atoms with Gasteiger partial charge in [0.15, 0.2) is 5.65 Å². The molecule has 3 aromatic rings. The molecule has 1 amide bonds. The summed E-state index contributed by atoms with van der Waals surface area (Å²) in [5.74, 6) is 0.485. The number of benzene rings is 1. The van der Waals surface area contributed by atoms with E-state index in [1.165, 1.54) is 0 Å². The molecule has 224 valence electrons. The van der Waals surface area contributed by atoms with Crippen LogP contribution in [0.4, 0.5) is 11.6 Å². The van der Waals surface area contributed by atoms with Crippen molar-refractivity contribution in [2.24, 2.45) is 5.41 Å². The van der Waals surface area contributed by atoms with Crippen molar-refractivity contribution in [1.82, 2.24) is 33.0 Å². The third-order valence-corrected chi connectivity index (χ3v) is 10.6. The van der Waals surface area contributed by atoms with Gasteiger partial charge >= 0.3 is 0 Å². The van der Waals surface area contributed by atoms with Gasteiger partial charge in [-0.1, -0.05) is 19.9 Å². The third-order valence-electron chi connectivity index (χ3n) is 8.69. The van der Waals surface area contributed by atoms with E-state index >= 15 is 0 Å². The first-order valence-corrected chi connectivity index (χ1v) is 16.0. The first-order valence-electron chi connectivity index (χ1n) is 14.6. The lowest BCUT2D eigenvalue weighted by Gasteiger charge is -2.46. The van der Waals surface area contributed by atoms with Crippen LogP contribution in [0, 0.1) is 5.41 Å². The lowest BCUT2D eigenvalue weighted by atomic mass is 9.87. The molecule has 2 aromatic heterocycles. The summed E-state index contributed by atoms with van der Waals surface area (Å²) in [5, 5.41) is 7.86. The van der Waals surface area contributed by atoms with Crippen molar-refractivity contribution in [2.75, 3.05) is 58.7 Å². The summed E-state index contributed by atoms with van der Waals surface area (Å²) in [6.07, 6.45) is 6.43. The van der Waals surface area contributed by atoms with Crippen LogP contribution in [0.5, 0.6) is 0 Å². The number of hydrogen-bond acceptors (Lipinski definition) is 7. The predicted molar refractivity (Wildman–Crippen MR) is 164 cm³/mol. The minimum atomic E-state index is -3.44. The van der Waals surface area contributed by atoms with Crippen LogP contribution in [-0.4, -0.2) is 107 Å². The lowest BCUT2D eigenvalue weighted by Crippen LogP contribution is -2.59. The Balaban J connectivity index is 1.12. The minimum Gasteiger partial charge on any atom is -0.339 e. The molecule has 6 rings (SSSR count). The number of fused-ring (bicyclic) bond motifs is 1. The molecule has 1 aromatic carbocycles. The van der Waals surface area contributed by atoms with Crippen LogP contribution < -0.4 is 5.32 Å². The summed E-state index contributed by atoms with van der Waals surface area (Å²) in [6, 6.07) is 11.6. The van der Waals surface area contributed by atoms with Crippen molar-refractivity contribution in [3.63, 3.8) is 0 Å². The fourth-order valence-electron chi connectivity index (χ4n) is 6.13. The fraction of sp³-hybridized carbons (Fsp3) is 0.500. The smallest absolute Gasteiger partial charge is 0.282 e. The Hall–Kier alpha value is -3.32. The maximum atomic E-state index is 13.1. The van der Waals surface area contributed by atoms with Gasteiger partial charge in [0, 0.05) is 62.3 Å². The van der Waals surface area contributed by atoms with Crippen LogP contribution in [0.3, 0.4) is 0 Å². The standard InChI is InChI=1S/C30H40N8O3S/c1-30(2)20-37(21-30)42(40,41)36-18-11-22(12-19-36)26-6-5-15-38-27(26)32-29(33-38)31-24-9-7-23(8-10-24)28(39)35(4)25-13-16-34(3)17-14-25/h5-11,15,25H,12-14,16-21H2,1-4H3,(H,31,33). The van der Waals surface area contributed by atoms with E-state index in [2.05, 4.69) is 36.2 Å². The first-order chi connectivity index (χ1) is 20.0. The van der Waals surface area contributed by atoms with Crippen LogP contribution in [0.1, 0.15) is 49.0 Å². The Bertz CT molecular complexity index is 1600. The summed E-state index contributed by atoms with van der Waals surface area (Å²) in [7, 11) is 0.572. The predicted octanol–water partition coefficient (Wildman–Crippen LogP) is 3.31. The highest BCUT2D eigenvalue weighted by Gasteiger charge is 2.44. The number of aromatic nitrogens is 3. The number of hydrogen-bond donors (Lipinski definition) is 1. The van der Waals surface area contributed by atoms with Gasteiger partial charge in [-0.2, -0.15) is 22.0 Å². The molecule has 0 spiro atoms. The molecule has 0 radical (unpaired) electrons. The maximum absolute atomic E-state index is 13.1. The highest BCUT2D eigenvalue weighted by atomic mass is 32.2. The van der Waals surface area contributed by atoms with Gasteiger partial charge in [0.2, 0.25) is 5.95 Å². The largest absolute Gasteiger partial charge is 0.339 e. The third kappa shape index (κ3) is 5.68. The van der Waals surface area contributed by atoms with E-state index in [1.807, 2.05) is 60.6 Å². The van der Waals surface area contributed by atoms with Crippen LogP contribution in [0.2, 0.25) is 0 Å². The van der Waals surface area contributed by atoms with Gasteiger partial charge in [-0.15, -0.1) is 5.10 Å². The Morgan fingerprint density at radius 1 is 1.05 bits per heavy atom. The van der Waals surface area contributed by atoms with Gasteiger partial charge in [-0.05, 0) is 86.8 Å². The normalized spacial score (nSPS) is 20.7. The molecule has 3 aliphatic rings. The molecule has 0 unspecified atom stereocenters. The average Bonchev–Trinajstić information content (AvgIpc) is 3.38. The first kappa shape index (κ1) is 28.8. The lowest BCUT2D eigenvalue weighted by molar-refractivity contribution is 0.0659. The minimum absolute atomic E-state index is 0.0347. The topological polar surface area (TPSA) is 106 Å². The Morgan fingerprint density at radius 2 is 1.76 bits per heavy atom. The molecule has 0 bridgehead atoms. The number of anilines is 2. The van der Waals surface area contributed by atoms with Crippen LogP contribution in [-0.2, 0) is 10.2 Å². The van der Waals surface area contributed by atoms with Gasteiger partial charge < -0.3 is 15.1 Å². The molecule has 0 atom stereocenters. The molecule has 1 N–H and O–H groups in total. The molecular weight excluding hydrogens is 552 g/mol. The molecular formula is C30H40N8O3S. The second kappa shape index (κ2) is 11.1. The number of carbonyl (C=O) groups excluding carboxylic acids is 1. The second-order valence-electron chi connectivity index (χ2n) is 12.6. The van der Waals surface area contributed by atoms with Crippen LogP contribution >= 0.6 is 0 Å². The zero-order valence-electron chi connectivity index (χ0n) is 24.8. The summed E-state index contributed by atoms with van der Waals surface area (Å²) in [4.78, 5) is 22.0. The highest BCUT2D eigenvalue weighted by molar-refractivity contribution is 7.86. The number of nitrogens with one attached hydrogen (secondary N) is 1. The monoisotopic (exact) mass is 592 g/mol. The number of piperidine rings is 1. The van der Waals surface area contributed by atoms with Crippen LogP contribution in [0.15, 0.2) is 48.7 Å². The molecule has 5 heterocycles. The fourth-order valence-corrected chi connectivity index (χ4v) is 8.06. The molecule has 42 heavy (non-hydrogen) atoms. The molecule has 11 nitrogen and oxygen atoms in total. The van der Waals surface area contributed by atoms with E-state index in [1.54, 1.807) is 13.1 Å². The Labute approximate surface area is 248 Å². The summed E-state index contributed by atoms with van der Waals surface area (Å²) >= 11 is 0. The summed E-state index contributed by atoms with van der Waals surface area (Å²) < 4.78 is 30.9. The Morgan fingerprint density at radius 3 is 2.40 bits per heavy atom. The zero-order valence-corrected chi connectivity index (χ0v) is 25.6. The summed E-state index contributed by atoms with van der Waals surface area (Å²) in [6.45, 7) is 8.08. The van der Waals surface area contributed by atoms with Crippen molar-refractivity contribution in [1.29, 1.82) is 0 Å². The van der Waals surface area contributed by atoms with Gasteiger partial charge in [-0.25, -0.2) is 4.52 Å². The molecule has 12 heteroatoms. The SMILES string of the molecule is CN1CCC(N(C)C(=O)c2ccc(Nc3nc4c(C5=CCN(S(=O)(=O)N6CC(C)(C)C6)CC5)cccn4n3)cc2)CC1. The average molecular weight is 593 g/mol. The molecule has 2 saturated heterocycles. The maximum Gasteiger partial charge on any atom is 0.282 e. The van der Waals surface area contributed by atoms with Crippen molar-refractivity contribution in [3.8, 4) is 0 Å².